The number of hydrogen-bond donors (Lipinski definition) is 1. The van der Waals surface area contributed by atoms with Crippen LogP contribution >= 0.6 is 23.1 Å². The third-order valence-electron chi connectivity index (χ3n) is 2.97. The van der Waals surface area contributed by atoms with Gasteiger partial charge < -0.3 is 5.32 Å². The number of carbonyl (C=O) groups is 1. The minimum atomic E-state index is -0.241. The highest BCUT2D eigenvalue weighted by Crippen LogP contribution is 2.28. The smallest absolute Gasteiger partial charge is 0.229 e. The van der Waals surface area contributed by atoms with E-state index in [0.29, 0.717) is 10.9 Å². The van der Waals surface area contributed by atoms with E-state index in [-0.39, 0.29) is 17.6 Å². The molecule has 21 heavy (non-hydrogen) atoms. The van der Waals surface area contributed by atoms with E-state index in [4.69, 9.17) is 0 Å². The Morgan fingerprint density at radius 2 is 2.10 bits per heavy atom. The molecule has 1 amide bonds. The molecule has 7 heteroatoms. The summed E-state index contributed by atoms with van der Waals surface area (Å²) in [5.41, 5.74) is 1.02. The zero-order valence-corrected chi connectivity index (χ0v) is 13.4. The molecule has 1 aromatic carbocycles. The first-order valence-corrected chi connectivity index (χ1v) is 8.40. The topological polar surface area (TPSA) is 54.9 Å². The number of halogens is 1. The average molecular weight is 325 g/mol. The molecule has 4 nitrogen and oxygen atoms in total. The van der Waals surface area contributed by atoms with Gasteiger partial charge in [-0.05, 0) is 24.1 Å². The van der Waals surface area contributed by atoms with E-state index in [1.54, 1.807) is 12.1 Å². The van der Waals surface area contributed by atoms with Crippen molar-refractivity contribution in [2.45, 2.75) is 30.4 Å². The molecular formula is C14H16FN3OS2. The Hall–Kier alpha value is -1.47. The summed E-state index contributed by atoms with van der Waals surface area (Å²) >= 11 is 2.86. The van der Waals surface area contributed by atoms with Gasteiger partial charge in [0.1, 0.15) is 5.82 Å². The maximum Gasteiger partial charge on any atom is 0.229 e. The predicted molar refractivity (Wildman–Crippen MR) is 84.0 cm³/mol. The number of aromatic nitrogens is 2. The lowest BCUT2D eigenvalue weighted by Crippen LogP contribution is -2.19. The zero-order valence-electron chi connectivity index (χ0n) is 11.8. The van der Waals surface area contributed by atoms with Crippen LogP contribution in [0.1, 0.15) is 25.8 Å². The Morgan fingerprint density at radius 1 is 1.38 bits per heavy atom. The molecule has 0 aliphatic carbocycles. The molecule has 1 aromatic heterocycles. The molecule has 2 aromatic rings. The monoisotopic (exact) mass is 325 g/mol. The molecule has 0 bridgehead atoms. The van der Waals surface area contributed by atoms with Crippen molar-refractivity contribution >= 4 is 34.1 Å². The van der Waals surface area contributed by atoms with Crippen molar-refractivity contribution < 1.29 is 9.18 Å². The lowest BCUT2D eigenvalue weighted by molar-refractivity contribution is -0.119. The van der Waals surface area contributed by atoms with Crippen LogP contribution in [-0.2, 0) is 10.5 Å². The van der Waals surface area contributed by atoms with Gasteiger partial charge in [-0.25, -0.2) is 4.39 Å². The largest absolute Gasteiger partial charge is 0.300 e. The van der Waals surface area contributed by atoms with Crippen LogP contribution in [-0.4, -0.2) is 16.1 Å². The van der Waals surface area contributed by atoms with Crippen LogP contribution in [0.4, 0.5) is 9.52 Å². The Kier molecular flexibility index (Phi) is 5.69. The highest BCUT2D eigenvalue weighted by molar-refractivity contribution is 8.00. The molecule has 1 atom stereocenters. The quantitative estimate of drug-likeness (QED) is 0.645. The highest BCUT2D eigenvalue weighted by atomic mass is 32.2. The molecular weight excluding hydrogens is 309 g/mol. The van der Waals surface area contributed by atoms with Crippen molar-refractivity contribution in [1.82, 2.24) is 10.2 Å². The van der Waals surface area contributed by atoms with E-state index in [0.717, 1.165) is 16.3 Å². The number of hydrogen-bond acceptors (Lipinski definition) is 5. The summed E-state index contributed by atoms with van der Waals surface area (Å²) in [6.45, 7) is 3.84. The summed E-state index contributed by atoms with van der Waals surface area (Å²) in [5.74, 6) is 0.372. The zero-order chi connectivity index (χ0) is 15.2. The van der Waals surface area contributed by atoms with Crippen LogP contribution in [0.15, 0.2) is 28.6 Å². The Morgan fingerprint density at radius 3 is 2.76 bits per heavy atom. The second-order valence-electron chi connectivity index (χ2n) is 4.59. The van der Waals surface area contributed by atoms with E-state index in [1.807, 2.05) is 13.8 Å². The van der Waals surface area contributed by atoms with E-state index >= 15 is 0 Å². The van der Waals surface area contributed by atoms with E-state index in [1.165, 1.54) is 35.2 Å². The lowest BCUT2D eigenvalue weighted by Gasteiger charge is -2.06. The van der Waals surface area contributed by atoms with Gasteiger partial charge >= 0.3 is 0 Å². The minimum Gasteiger partial charge on any atom is -0.300 e. The summed E-state index contributed by atoms with van der Waals surface area (Å²) in [6.07, 6.45) is 0.789. The van der Waals surface area contributed by atoms with E-state index in [9.17, 15) is 9.18 Å². The minimum absolute atomic E-state index is 0.0378. The SMILES string of the molecule is CCC(C)C(=O)Nc1nnc(SCc2ccc(F)cc2)s1. The van der Waals surface area contributed by atoms with Crippen molar-refractivity contribution in [1.29, 1.82) is 0 Å². The maximum atomic E-state index is 12.8. The van der Waals surface area contributed by atoms with E-state index < -0.39 is 0 Å². The number of carbonyl (C=O) groups excluding carboxylic acids is 1. The van der Waals surface area contributed by atoms with Crippen LogP contribution < -0.4 is 5.32 Å². The van der Waals surface area contributed by atoms with Crippen molar-refractivity contribution in [2.24, 2.45) is 5.92 Å². The van der Waals surface area contributed by atoms with Crippen molar-refractivity contribution in [3.05, 3.63) is 35.6 Å². The van der Waals surface area contributed by atoms with Gasteiger partial charge in [0.15, 0.2) is 4.34 Å². The number of rotatable bonds is 6. The molecule has 0 saturated carbocycles. The fourth-order valence-electron chi connectivity index (χ4n) is 1.46. The molecule has 0 aliphatic rings. The summed E-state index contributed by atoms with van der Waals surface area (Å²) in [5, 5.41) is 11.3. The second kappa shape index (κ2) is 7.51. The highest BCUT2D eigenvalue weighted by Gasteiger charge is 2.13. The number of benzene rings is 1. The van der Waals surface area contributed by atoms with Crippen LogP contribution in [0.5, 0.6) is 0 Å². The first-order chi connectivity index (χ1) is 10.1. The lowest BCUT2D eigenvalue weighted by atomic mass is 10.1. The normalized spacial score (nSPS) is 12.1. The van der Waals surface area contributed by atoms with Crippen LogP contribution in [0.2, 0.25) is 0 Å². The van der Waals surface area contributed by atoms with Crippen molar-refractivity contribution in [3.63, 3.8) is 0 Å². The predicted octanol–water partition coefficient (Wildman–Crippen LogP) is 3.95. The number of thioether (sulfide) groups is 1. The maximum absolute atomic E-state index is 12.8. The summed E-state index contributed by atoms with van der Waals surface area (Å²) in [4.78, 5) is 11.7. The van der Waals surface area contributed by atoms with Gasteiger partial charge in [-0.1, -0.05) is 49.1 Å². The number of nitrogens with zero attached hydrogens (tertiary/aromatic N) is 2. The molecule has 1 unspecified atom stereocenters. The van der Waals surface area contributed by atoms with E-state index in [2.05, 4.69) is 15.5 Å². The molecule has 1 N–H and O–H groups in total. The molecule has 0 fully saturated rings. The van der Waals surface area contributed by atoms with Crippen molar-refractivity contribution in [2.75, 3.05) is 5.32 Å². The summed E-state index contributed by atoms with van der Waals surface area (Å²) < 4.78 is 13.6. The fourth-order valence-corrected chi connectivity index (χ4v) is 3.17. The summed E-state index contributed by atoms with van der Waals surface area (Å²) in [7, 11) is 0. The molecule has 0 aliphatic heterocycles. The van der Waals surface area contributed by atoms with Crippen LogP contribution in [0.3, 0.4) is 0 Å². The van der Waals surface area contributed by atoms with Gasteiger partial charge in [0, 0.05) is 11.7 Å². The van der Waals surface area contributed by atoms with Gasteiger partial charge in [0.05, 0.1) is 0 Å². The second-order valence-corrected chi connectivity index (χ2v) is 6.79. The third-order valence-corrected chi connectivity index (χ3v) is 5.02. The molecule has 1 heterocycles. The first-order valence-electron chi connectivity index (χ1n) is 6.60. The van der Waals surface area contributed by atoms with Gasteiger partial charge in [0.2, 0.25) is 11.0 Å². The Bertz CT molecular complexity index is 601. The van der Waals surface area contributed by atoms with Crippen LogP contribution in [0, 0.1) is 11.7 Å². The fraction of sp³-hybridized carbons (Fsp3) is 0.357. The van der Waals surface area contributed by atoms with Gasteiger partial charge in [-0.15, -0.1) is 10.2 Å². The Balaban J connectivity index is 1.88. The molecule has 2 rings (SSSR count). The summed E-state index contributed by atoms with van der Waals surface area (Å²) in [6, 6.07) is 6.37. The standard InChI is InChI=1S/C14H16FN3OS2/c1-3-9(2)12(19)16-13-17-18-14(21-13)20-8-10-4-6-11(15)7-5-10/h4-7,9H,3,8H2,1-2H3,(H,16,17,19). The van der Waals surface area contributed by atoms with Crippen molar-refractivity contribution in [3.8, 4) is 0 Å². The third kappa shape index (κ3) is 4.78. The number of anilines is 1. The Labute approximate surface area is 131 Å². The van der Waals surface area contributed by atoms with Gasteiger partial charge in [-0.3, -0.25) is 4.79 Å². The molecule has 0 spiro atoms. The molecule has 0 saturated heterocycles. The van der Waals surface area contributed by atoms with Crippen LogP contribution in [0.25, 0.3) is 0 Å². The van der Waals surface area contributed by atoms with Gasteiger partial charge in [0.25, 0.3) is 0 Å². The molecule has 112 valence electrons. The number of nitrogens with one attached hydrogen (secondary N) is 1. The number of amides is 1. The first kappa shape index (κ1) is 15.9. The molecule has 0 radical (unpaired) electrons. The van der Waals surface area contributed by atoms with Gasteiger partial charge in [-0.2, -0.15) is 0 Å². The average Bonchev–Trinajstić information content (AvgIpc) is 2.93.